The number of nitrogens with zero attached hydrogens (tertiary/aromatic N) is 2. The van der Waals surface area contributed by atoms with Gasteiger partial charge in [-0.15, -0.1) is 0 Å². The minimum Gasteiger partial charge on any atom is -0.389 e. The molecule has 0 spiro atoms. The van der Waals surface area contributed by atoms with Gasteiger partial charge >= 0.3 is 0 Å². The van der Waals surface area contributed by atoms with Crippen LogP contribution in [0.4, 0.5) is 4.39 Å². The maximum Gasteiger partial charge on any atom is 0.171 e. The van der Waals surface area contributed by atoms with Crippen LogP contribution in [0.25, 0.3) is 0 Å². The molecule has 7 unspecified atom stereocenters. The molecule has 3 aliphatic carbocycles. The van der Waals surface area contributed by atoms with Gasteiger partial charge in [0.1, 0.15) is 17.7 Å². The molecular weight excluding hydrogens is 573 g/mol. The number of fused-ring (bicyclic) bond motifs is 8. The second-order valence-corrected chi connectivity index (χ2v) is 15.7. The molecule has 0 radical (unpaired) electrons. The number of carbonyl (C=O) groups excluding carboxylic acids is 1. The number of pyridine rings is 1. The normalized spacial score (nSPS) is 42.2. The number of aromatic nitrogens is 1. The third-order valence-corrected chi connectivity index (χ3v) is 12.8. The molecule has 11 atom stereocenters. The van der Waals surface area contributed by atoms with Crippen molar-refractivity contribution in [2.75, 3.05) is 34.3 Å². The van der Waals surface area contributed by atoms with E-state index >= 15 is 0 Å². The predicted octanol–water partition coefficient (Wildman–Crippen LogP) is 4.55. The van der Waals surface area contributed by atoms with Crippen LogP contribution in [-0.2, 0) is 25.4 Å². The first-order chi connectivity index (χ1) is 21.2. The Labute approximate surface area is 268 Å². The van der Waals surface area contributed by atoms with E-state index in [1.165, 1.54) is 6.07 Å². The van der Waals surface area contributed by atoms with Crippen LogP contribution >= 0.6 is 0 Å². The second-order valence-electron chi connectivity index (χ2n) is 15.7. The molecule has 3 heterocycles. The van der Waals surface area contributed by atoms with Crippen LogP contribution in [-0.4, -0.2) is 91.3 Å². The number of aryl methyl sites for hydroxylation is 1. The summed E-state index contributed by atoms with van der Waals surface area (Å²) in [6.45, 7) is 12.4. The molecule has 2 aliphatic heterocycles. The lowest BCUT2D eigenvalue weighted by atomic mass is 9.43. The molecular formula is C36H54FN3O5. The lowest BCUT2D eigenvalue weighted by Gasteiger charge is -2.64. The number of allylic oxidation sites excluding steroid dienone is 1. The smallest absolute Gasteiger partial charge is 0.171 e. The number of ketones is 1. The Morgan fingerprint density at radius 2 is 2.00 bits per heavy atom. The summed E-state index contributed by atoms with van der Waals surface area (Å²) >= 11 is 0. The molecule has 2 bridgehead atoms. The van der Waals surface area contributed by atoms with Crippen LogP contribution in [0.3, 0.4) is 0 Å². The van der Waals surface area contributed by atoms with E-state index in [0.29, 0.717) is 31.7 Å². The predicted molar refractivity (Wildman–Crippen MR) is 170 cm³/mol. The van der Waals surface area contributed by atoms with Gasteiger partial charge in [-0.2, -0.15) is 0 Å². The van der Waals surface area contributed by atoms with Crippen molar-refractivity contribution >= 4 is 5.78 Å². The number of nitrogens with one attached hydrogen (secondary N) is 1. The molecule has 250 valence electrons. The molecule has 1 aromatic rings. The van der Waals surface area contributed by atoms with Crippen molar-refractivity contribution in [3.63, 3.8) is 0 Å². The van der Waals surface area contributed by atoms with Crippen molar-refractivity contribution in [2.45, 2.75) is 109 Å². The van der Waals surface area contributed by atoms with Crippen molar-refractivity contribution in [1.82, 2.24) is 15.2 Å². The van der Waals surface area contributed by atoms with E-state index in [2.05, 4.69) is 49.8 Å². The highest BCUT2D eigenvalue weighted by Crippen LogP contribution is 2.66. The average Bonchev–Trinajstić information content (AvgIpc) is 3.58. The number of carbonyl (C=O) groups is 1. The molecule has 2 saturated carbocycles. The first kappa shape index (κ1) is 33.2. The maximum atomic E-state index is 14.3. The van der Waals surface area contributed by atoms with Crippen molar-refractivity contribution in [1.29, 1.82) is 0 Å². The highest BCUT2D eigenvalue weighted by Gasteiger charge is 2.69. The number of hydrogen-bond donors (Lipinski definition) is 2. The Morgan fingerprint density at radius 3 is 2.69 bits per heavy atom. The fourth-order valence-corrected chi connectivity index (χ4v) is 10.5. The van der Waals surface area contributed by atoms with Gasteiger partial charge in [-0.1, -0.05) is 33.3 Å². The van der Waals surface area contributed by atoms with Gasteiger partial charge in [0.25, 0.3) is 0 Å². The van der Waals surface area contributed by atoms with Gasteiger partial charge in [-0.3, -0.25) is 9.78 Å². The van der Waals surface area contributed by atoms with Crippen molar-refractivity contribution < 1.29 is 28.5 Å². The first-order valence-corrected chi connectivity index (χ1v) is 17.0. The summed E-state index contributed by atoms with van der Waals surface area (Å²) in [6, 6.07) is 3.14. The van der Waals surface area contributed by atoms with Crippen LogP contribution in [0.5, 0.6) is 0 Å². The summed E-state index contributed by atoms with van der Waals surface area (Å²) in [5, 5.41) is 16.8. The Bertz CT molecular complexity index is 1310. The van der Waals surface area contributed by atoms with Crippen LogP contribution in [0, 0.1) is 40.3 Å². The van der Waals surface area contributed by atoms with Crippen LogP contribution in [0.2, 0.25) is 0 Å². The fourth-order valence-electron chi connectivity index (χ4n) is 10.5. The van der Waals surface area contributed by atoms with Gasteiger partial charge in [0.15, 0.2) is 6.29 Å². The summed E-state index contributed by atoms with van der Waals surface area (Å²) in [5.74, 6) is -0.232. The minimum absolute atomic E-state index is 0.0585. The Morgan fingerprint density at radius 1 is 1.24 bits per heavy atom. The lowest BCUT2D eigenvalue weighted by Crippen LogP contribution is -2.68. The van der Waals surface area contributed by atoms with E-state index in [0.717, 1.165) is 24.0 Å². The number of halogens is 1. The van der Waals surface area contributed by atoms with Crippen molar-refractivity contribution in [3.05, 3.63) is 41.0 Å². The third kappa shape index (κ3) is 5.34. The molecule has 2 N–H and O–H groups in total. The molecule has 2 saturated heterocycles. The number of likely N-dealkylation sites (N-methyl/N-ethyl adjacent to an activating group) is 2. The molecule has 6 rings (SSSR count). The Balaban J connectivity index is 1.42. The molecule has 0 amide bonds. The molecule has 4 fully saturated rings. The SMILES string of the molecule is CNC1COC2CC[C@]3(C)C(C12)C(C)[C@]1(O)C[C@H](CC(=O)CCc2ncccc2F)C(C)=C(C2OC(CN(C)C)O[C@H]23)C1(C)C. The summed E-state index contributed by atoms with van der Waals surface area (Å²) in [6.07, 6.45) is 3.96. The van der Waals surface area contributed by atoms with Gasteiger partial charge in [-0.25, -0.2) is 4.39 Å². The van der Waals surface area contributed by atoms with Crippen molar-refractivity contribution in [2.24, 2.45) is 34.5 Å². The maximum absolute atomic E-state index is 14.3. The molecule has 45 heavy (non-hydrogen) atoms. The Kier molecular flexibility index (Phi) is 8.88. The van der Waals surface area contributed by atoms with Gasteiger partial charge in [0, 0.05) is 48.4 Å². The fraction of sp³-hybridized carbons (Fsp3) is 0.778. The number of rotatable bonds is 8. The van der Waals surface area contributed by atoms with Crippen LogP contribution in [0.15, 0.2) is 29.5 Å². The quantitative estimate of drug-likeness (QED) is 0.406. The standard InChI is InChI=1S/C36H54FN3O5/c1-20-22(16-23(41)11-12-25-24(37)10-9-15-39-25)17-36(42)21(2)31-29-26(38-6)19-43-27(29)13-14-35(31,5)33-32(30(20)34(36,3)4)44-28(45-33)18-40(7)8/h9-10,15,21-22,26-29,31-33,38,42H,11-14,16-19H2,1-8H3/t21?,22-,26?,27?,28?,29?,31?,32?,33+,35+,36+/m0/s1. The molecule has 5 aliphatic rings. The summed E-state index contributed by atoms with van der Waals surface area (Å²) < 4.78 is 34.6. The highest BCUT2D eigenvalue weighted by atomic mass is 19.1. The number of Topliss-reactive ketones (excluding diaryl/α,β-unsaturated/α-hetero) is 1. The van der Waals surface area contributed by atoms with Gasteiger partial charge in [0.05, 0.1) is 30.1 Å². The zero-order chi connectivity index (χ0) is 32.5. The van der Waals surface area contributed by atoms with E-state index in [9.17, 15) is 14.3 Å². The molecule has 1 aromatic heterocycles. The third-order valence-electron chi connectivity index (χ3n) is 12.8. The monoisotopic (exact) mass is 627 g/mol. The Hall–Kier alpha value is -1.75. The topological polar surface area (TPSA) is 93.1 Å². The van der Waals surface area contributed by atoms with E-state index in [-0.39, 0.29) is 77.9 Å². The summed E-state index contributed by atoms with van der Waals surface area (Å²) in [4.78, 5) is 19.8. The molecule has 9 heteroatoms. The minimum atomic E-state index is -1.09. The second kappa shape index (κ2) is 12.0. The van der Waals surface area contributed by atoms with E-state index < -0.39 is 17.3 Å². The molecule has 0 aromatic carbocycles. The average molecular weight is 628 g/mol. The number of ether oxygens (including phenoxy) is 3. The van der Waals surface area contributed by atoms with Gasteiger partial charge in [0.2, 0.25) is 0 Å². The summed E-state index contributed by atoms with van der Waals surface area (Å²) in [7, 11) is 6.08. The van der Waals surface area contributed by atoms with E-state index in [1.54, 1.807) is 12.3 Å². The van der Waals surface area contributed by atoms with Crippen LogP contribution in [0.1, 0.15) is 72.4 Å². The van der Waals surface area contributed by atoms with Gasteiger partial charge < -0.3 is 29.5 Å². The van der Waals surface area contributed by atoms with E-state index in [1.807, 2.05) is 21.1 Å². The zero-order valence-corrected chi connectivity index (χ0v) is 28.4. The lowest BCUT2D eigenvalue weighted by molar-refractivity contribution is -0.203. The largest absolute Gasteiger partial charge is 0.389 e. The first-order valence-electron chi connectivity index (χ1n) is 17.0. The molecule has 8 nitrogen and oxygen atoms in total. The van der Waals surface area contributed by atoms with Gasteiger partial charge in [-0.05, 0) is 89.2 Å². The zero-order valence-electron chi connectivity index (χ0n) is 28.4. The highest BCUT2D eigenvalue weighted by molar-refractivity contribution is 5.79. The number of hydrogen-bond acceptors (Lipinski definition) is 8. The summed E-state index contributed by atoms with van der Waals surface area (Å²) in [5.41, 5.74) is 0.584. The van der Waals surface area contributed by atoms with Crippen molar-refractivity contribution in [3.8, 4) is 0 Å². The van der Waals surface area contributed by atoms with Crippen LogP contribution < -0.4 is 5.32 Å². The van der Waals surface area contributed by atoms with E-state index in [4.69, 9.17) is 14.2 Å². The number of aliphatic hydroxyl groups is 1.